The molecule has 2 rings (SSSR count). The van der Waals surface area contributed by atoms with Gasteiger partial charge in [0.25, 0.3) is 5.91 Å². The van der Waals surface area contributed by atoms with Gasteiger partial charge >= 0.3 is 5.97 Å². The first-order valence-corrected chi connectivity index (χ1v) is 6.89. The van der Waals surface area contributed by atoms with Gasteiger partial charge < -0.3 is 14.7 Å². The zero-order valence-corrected chi connectivity index (χ0v) is 11.8. The van der Waals surface area contributed by atoms with Gasteiger partial charge in [0, 0.05) is 18.2 Å². The van der Waals surface area contributed by atoms with Crippen molar-refractivity contribution in [2.24, 2.45) is 0 Å². The monoisotopic (exact) mass is 295 g/mol. The lowest BCUT2D eigenvalue weighted by Crippen LogP contribution is -2.44. The molecule has 6 heteroatoms. The first kappa shape index (κ1) is 15.3. The number of ether oxygens (including phenoxy) is 1. The Balaban J connectivity index is 2.22. The number of hydrogen-bond acceptors (Lipinski definition) is 3. The molecule has 1 fully saturated rings. The number of methoxy groups -OCH3 is 1. The second kappa shape index (κ2) is 6.56. The molecule has 114 valence electrons. The number of aliphatic carboxylic acids is 1. The second-order valence-corrected chi connectivity index (χ2v) is 5.10. The van der Waals surface area contributed by atoms with Crippen molar-refractivity contribution >= 4 is 11.9 Å². The number of piperidine rings is 1. The van der Waals surface area contributed by atoms with Crippen LogP contribution >= 0.6 is 0 Å². The van der Waals surface area contributed by atoms with Crippen LogP contribution in [-0.2, 0) is 4.79 Å². The first-order chi connectivity index (χ1) is 10.0. The minimum Gasteiger partial charge on any atom is -0.494 e. The topological polar surface area (TPSA) is 66.8 Å². The van der Waals surface area contributed by atoms with E-state index in [4.69, 9.17) is 9.84 Å². The molecule has 1 atom stereocenters. The highest BCUT2D eigenvalue weighted by atomic mass is 19.1. The maximum Gasteiger partial charge on any atom is 0.305 e. The van der Waals surface area contributed by atoms with Crippen LogP contribution in [-0.4, -0.2) is 41.6 Å². The summed E-state index contributed by atoms with van der Waals surface area (Å²) >= 11 is 0. The number of carboxylic acid groups (broad SMARTS) is 1. The highest BCUT2D eigenvalue weighted by Crippen LogP contribution is 2.24. The summed E-state index contributed by atoms with van der Waals surface area (Å²) < 4.78 is 18.3. The molecule has 1 aliphatic rings. The Bertz CT molecular complexity index is 546. The van der Waals surface area contributed by atoms with Gasteiger partial charge in [-0.2, -0.15) is 0 Å². The second-order valence-electron chi connectivity index (χ2n) is 5.10. The van der Waals surface area contributed by atoms with Gasteiger partial charge in [0.1, 0.15) is 0 Å². The number of carboxylic acids is 1. The van der Waals surface area contributed by atoms with Crippen molar-refractivity contribution < 1.29 is 23.8 Å². The Morgan fingerprint density at radius 2 is 2.19 bits per heavy atom. The number of likely N-dealkylation sites (tertiary alicyclic amines) is 1. The van der Waals surface area contributed by atoms with E-state index in [2.05, 4.69) is 0 Å². The molecular weight excluding hydrogens is 277 g/mol. The molecule has 0 saturated carbocycles. The van der Waals surface area contributed by atoms with Crippen LogP contribution in [0.2, 0.25) is 0 Å². The van der Waals surface area contributed by atoms with Gasteiger partial charge in [0.15, 0.2) is 11.6 Å². The Labute approximate surface area is 122 Å². The Hall–Kier alpha value is -2.11. The average molecular weight is 295 g/mol. The van der Waals surface area contributed by atoms with Crippen molar-refractivity contribution in [2.75, 3.05) is 13.7 Å². The largest absolute Gasteiger partial charge is 0.494 e. The van der Waals surface area contributed by atoms with Gasteiger partial charge in [-0.15, -0.1) is 0 Å². The number of carbonyl (C=O) groups excluding carboxylic acids is 1. The standard InChI is InChI=1S/C15H18FNO4/c1-21-13-8-10(5-6-12(13)16)15(20)17-7-3-2-4-11(17)9-14(18)19/h5-6,8,11H,2-4,7,9H2,1H3,(H,18,19)/t11-/m1/s1. The molecule has 1 aliphatic heterocycles. The Morgan fingerprint density at radius 1 is 1.43 bits per heavy atom. The fraction of sp³-hybridized carbons (Fsp3) is 0.467. The van der Waals surface area contributed by atoms with Crippen LogP contribution in [0.4, 0.5) is 4.39 Å². The summed E-state index contributed by atoms with van der Waals surface area (Å²) in [4.78, 5) is 25.0. The third-order valence-corrected chi connectivity index (χ3v) is 3.70. The van der Waals surface area contributed by atoms with Crippen LogP contribution in [0.15, 0.2) is 18.2 Å². The molecule has 1 aromatic rings. The lowest BCUT2D eigenvalue weighted by molar-refractivity contribution is -0.138. The van der Waals surface area contributed by atoms with Gasteiger partial charge in [-0.3, -0.25) is 9.59 Å². The molecule has 1 aromatic carbocycles. The van der Waals surface area contributed by atoms with E-state index >= 15 is 0 Å². The van der Waals surface area contributed by atoms with Crippen LogP contribution in [0, 0.1) is 5.82 Å². The fourth-order valence-corrected chi connectivity index (χ4v) is 2.64. The van der Waals surface area contributed by atoms with Gasteiger partial charge in [-0.05, 0) is 37.5 Å². The molecule has 0 unspecified atom stereocenters. The molecule has 1 heterocycles. The van der Waals surface area contributed by atoms with E-state index in [1.54, 1.807) is 4.90 Å². The minimum absolute atomic E-state index is 0.00708. The van der Waals surface area contributed by atoms with Crippen LogP contribution in [0.3, 0.4) is 0 Å². The van der Waals surface area contributed by atoms with Crippen molar-refractivity contribution in [2.45, 2.75) is 31.7 Å². The van der Waals surface area contributed by atoms with Crippen LogP contribution in [0.25, 0.3) is 0 Å². The summed E-state index contributed by atoms with van der Waals surface area (Å²) in [5, 5.41) is 8.95. The Kier molecular flexibility index (Phi) is 4.77. The van der Waals surface area contributed by atoms with Gasteiger partial charge in [-0.1, -0.05) is 0 Å². The van der Waals surface area contributed by atoms with Crippen molar-refractivity contribution in [3.8, 4) is 5.75 Å². The smallest absolute Gasteiger partial charge is 0.305 e. The quantitative estimate of drug-likeness (QED) is 0.925. The number of amides is 1. The maximum absolute atomic E-state index is 13.4. The molecule has 1 saturated heterocycles. The number of halogens is 1. The molecular formula is C15H18FNO4. The van der Waals surface area contributed by atoms with E-state index in [1.165, 1.54) is 25.3 Å². The number of carbonyl (C=O) groups is 2. The van der Waals surface area contributed by atoms with Crippen molar-refractivity contribution in [1.29, 1.82) is 0 Å². The minimum atomic E-state index is -0.920. The molecule has 5 nitrogen and oxygen atoms in total. The average Bonchev–Trinajstić information content (AvgIpc) is 2.47. The number of benzene rings is 1. The fourth-order valence-electron chi connectivity index (χ4n) is 2.64. The summed E-state index contributed by atoms with van der Waals surface area (Å²) in [6, 6.07) is 3.62. The first-order valence-electron chi connectivity index (χ1n) is 6.89. The SMILES string of the molecule is COc1cc(C(=O)N2CCCC[C@@H]2CC(=O)O)ccc1F. The summed E-state index contributed by atoms with van der Waals surface area (Å²) in [5.74, 6) is -1.72. The van der Waals surface area contributed by atoms with E-state index in [1.807, 2.05) is 0 Å². The summed E-state index contributed by atoms with van der Waals surface area (Å²) in [6.45, 7) is 0.524. The van der Waals surface area contributed by atoms with E-state index in [0.29, 0.717) is 18.5 Å². The summed E-state index contributed by atoms with van der Waals surface area (Å²) in [5.41, 5.74) is 0.311. The van der Waals surface area contributed by atoms with Crippen LogP contribution in [0.5, 0.6) is 5.75 Å². The van der Waals surface area contributed by atoms with Gasteiger partial charge in [-0.25, -0.2) is 4.39 Å². The van der Waals surface area contributed by atoms with E-state index in [0.717, 1.165) is 12.8 Å². The van der Waals surface area contributed by atoms with Crippen LogP contribution in [0.1, 0.15) is 36.0 Å². The zero-order chi connectivity index (χ0) is 15.4. The number of rotatable bonds is 4. The molecule has 21 heavy (non-hydrogen) atoms. The predicted octanol–water partition coefficient (Wildman–Crippen LogP) is 2.30. The molecule has 1 N–H and O–H groups in total. The summed E-state index contributed by atoms with van der Waals surface area (Å²) in [7, 11) is 1.33. The van der Waals surface area contributed by atoms with Crippen LogP contribution < -0.4 is 4.74 Å². The molecule has 0 aliphatic carbocycles. The van der Waals surface area contributed by atoms with E-state index in [9.17, 15) is 14.0 Å². The van der Waals surface area contributed by atoms with E-state index in [-0.39, 0.29) is 24.1 Å². The maximum atomic E-state index is 13.4. The summed E-state index contributed by atoms with van der Waals surface area (Å²) in [6.07, 6.45) is 2.37. The lowest BCUT2D eigenvalue weighted by atomic mass is 9.98. The highest BCUT2D eigenvalue weighted by Gasteiger charge is 2.29. The number of hydrogen-bond donors (Lipinski definition) is 1. The third kappa shape index (κ3) is 3.51. The highest BCUT2D eigenvalue weighted by molar-refractivity contribution is 5.95. The van der Waals surface area contributed by atoms with Gasteiger partial charge in [0.2, 0.25) is 0 Å². The molecule has 0 aromatic heterocycles. The normalized spacial score (nSPS) is 18.4. The molecule has 1 amide bonds. The van der Waals surface area contributed by atoms with Crippen molar-refractivity contribution in [3.63, 3.8) is 0 Å². The van der Waals surface area contributed by atoms with E-state index < -0.39 is 11.8 Å². The lowest BCUT2D eigenvalue weighted by Gasteiger charge is -2.35. The Morgan fingerprint density at radius 3 is 2.86 bits per heavy atom. The zero-order valence-electron chi connectivity index (χ0n) is 11.8. The molecule has 0 bridgehead atoms. The van der Waals surface area contributed by atoms with Crippen molar-refractivity contribution in [3.05, 3.63) is 29.6 Å². The van der Waals surface area contributed by atoms with Crippen molar-refractivity contribution in [1.82, 2.24) is 4.90 Å². The predicted molar refractivity (Wildman–Crippen MR) is 73.9 cm³/mol. The van der Waals surface area contributed by atoms with Gasteiger partial charge in [0.05, 0.1) is 13.5 Å². The molecule has 0 spiro atoms. The third-order valence-electron chi connectivity index (χ3n) is 3.70. The number of nitrogens with zero attached hydrogens (tertiary/aromatic N) is 1. The molecule has 0 radical (unpaired) electrons.